The van der Waals surface area contributed by atoms with E-state index in [4.69, 9.17) is 11.6 Å². The molecule has 1 N–H and O–H groups in total. The number of halogens is 1. The van der Waals surface area contributed by atoms with Gasteiger partial charge in [0.1, 0.15) is 11.9 Å². The molecule has 0 saturated carbocycles. The van der Waals surface area contributed by atoms with Gasteiger partial charge < -0.3 is 4.57 Å². The first-order chi connectivity index (χ1) is 10.1. The third kappa shape index (κ3) is 2.53. The number of amides is 2. The fourth-order valence-electron chi connectivity index (χ4n) is 2.80. The molecule has 110 valence electrons. The van der Waals surface area contributed by atoms with Gasteiger partial charge in [-0.1, -0.05) is 6.07 Å². The number of piperidine rings is 1. The van der Waals surface area contributed by atoms with Crippen LogP contribution >= 0.6 is 11.6 Å². The SMILES string of the molecule is Cc1ccc2c(c1)nc(CCCl)n2C1CCC(=O)NC1=O. The highest BCUT2D eigenvalue weighted by atomic mass is 35.5. The Balaban J connectivity index is 2.12. The van der Waals surface area contributed by atoms with Gasteiger partial charge in [-0.25, -0.2) is 4.98 Å². The minimum atomic E-state index is -0.395. The summed E-state index contributed by atoms with van der Waals surface area (Å²) in [6.45, 7) is 2.01. The van der Waals surface area contributed by atoms with Gasteiger partial charge in [-0.3, -0.25) is 14.9 Å². The van der Waals surface area contributed by atoms with Crippen LogP contribution in [-0.2, 0) is 16.0 Å². The van der Waals surface area contributed by atoms with Gasteiger partial charge in [0.05, 0.1) is 11.0 Å². The lowest BCUT2D eigenvalue weighted by molar-refractivity contribution is -0.135. The Labute approximate surface area is 127 Å². The predicted molar refractivity (Wildman–Crippen MR) is 80.3 cm³/mol. The summed E-state index contributed by atoms with van der Waals surface area (Å²) < 4.78 is 1.93. The molecule has 0 radical (unpaired) electrons. The van der Waals surface area contributed by atoms with Gasteiger partial charge in [0.15, 0.2) is 0 Å². The second kappa shape index (κ2) is 5.48. The third-order valence-electron chi connectivity index (χ3n) is 3.76. The fraction of sp³-hybridized carbons (Fsp3) is 0.400. The third-order valence-corrected chi connectivity index (χ3v) is 3.95. The normalized spacial score (nSPS) is 19.0. The number of hydrogen-bond acceptors (Lipinski definition) is 3. The molecule has 1 fully saturated rings. The Hall–Kier alpha value is -1.88. The molecule has 2 heterocycles. The molecule has 1 aromatic heterocycles. The summed E-state index contributed by atoms with van der Waals surface area (Å²) in [4.78, 5) is 28.1. The van der Waals surface area contributed by atoms with Gasteiger partial charge in [0.25, 0.3) is 0 Å². The van der Waals surface area contributed by atoms with Crippen LogP contribution in [0.15, 0.2) is 18.2 Å². The number of imidazole rings is 1. The number of carbonyl (C=O) groups is 2. The van der Waals surface area contributed by atoms with Crippen LogP contribution in [0.3, 0.4) is 0 Å². The van der Waals surface area contributed by atoms with E-state index in [1.54, 1.807) is 0 Å². The topological polar surface area (TPSA) is 64.0 Å². The molecule has 1 saturated heterocycles. The van der Waals surface area contributed by atoms with Gasteiger partial charge in [-0.2, -0.15) is 0 Å². The van der Waals surface area contributed by atoms with Crippen LogP contribution in [0.25, 0.3) is 11.0 Å². The van der Waals surface area contributed by atoms with Crippen LogP contribution in [0.2, 0.25) is 0 Å². The maximum absolute atomic E-state index is 12.2. The highest BCUT2D eigenvalue weighted by Gasteiger charge is 2.30. The van der Waals surface area contributed by atoms with E-state index in [0.717, 1.165) is 22.4 Å². The van der Waals surface area contributed by atoms with Gasteiger partial charge in [0, 0.05) is 18.7 Å². The van der Waals surface area contributed by atoms with Crippen molar-refractivity contribution >= 4 is 34.4 Å². The molecular weight excluding hydrogens is 290 g/mol. The summed E-state index contributed by atoms with van der Waals surface area (Å²) in [6.07, 6.45) is 1.44. The molecule has 5 nitrogen and oxygen atoms in total. The number of aryl methyl sites for hydroxylation is 2. The quantitative estimate of drug-likeness (QED) is 0.698. The van der Waals surface area contributed by atoms with Crippen molar-refractivity contribution in [2.24, 2.45) is 0 Å². The van der Waals surface area contributed by atoms with E-state index in [0.29, 0.717) is 25.1 Å². The minimum Gasteiger partial charge on any atom is -0.315 e. The van der Waals surface area contributed by atoms with Crippen molar-refractivity contribution in [3.63, 3.8) is 0 Å². The molecule has 1 unspecified atom stereocenters. The zero-order valence-corrected chi connectivity index (χ0v) is 12.5. The van der Waals surface area contributed by atoms with Crippen LogP contribution in [0, 0.1) is 6.92 Å². The van der Waals surface area contributed by atoms with Crippen LogP contribution in [0.1, 0.15) is 30.3 Å². The number of nitrogens with zero attached hydrogens (tertiary/aromatic N) is 2. The van der Waals surface area contributed by atoms with Crippen molar-refractivity contribution in [2.75, 3.05) is 5.88 Å². The molecule has 1 aliphatic heterocycles. The first kappa shape index (κ1) is 14.1. The number of hydrogen-bond donors (Lipinski definition) is 1. The largest absolute Gasteiger partial charge is 0.315 e. The molecule has 0 bridgehead atoms. The van der Waals surface area contributed by atoms with Crippen LogP contribution < -0.4 is 5.32 Å². The highest BCUT2D eigenvalue weighted by Crippen LogP contribution is 2.27. The zero-order valence-electron chi connectivity index (χ0n) is 11.7. The Morgan fingerprint density at radius 2 is 2.24 bits per heavy atom. The van der Waals surface area contributed by atoms with E-state index < -0.39 is 6.04 Å². The lowest BCUT2D eigenvalue weighted by atomic mass is 10.1. The van der Waals surface area contributed by atoms with Crippen LogP contribution in [0.4, 0.5) is 0 Å². The molecule has 0 aliphatic carbocycles. The van der Waals surface area contributed by atoms with Gasteiger partial charge in [-0.05, 0) is 31.0 Å². The standard InChI is InChI=1S/C15H16ClN3O2/c1-9-2-3-11-10(8-9)17-13(6-7-16)19(11)12-4-5-14(20)18-15(12)21/h2-3,8,12H,4-7H2,1H3,(H,18,20,21). The lowest BCUT2D eigenvalue weighted by Gasteiger charge is -2.24. The van der Waals surface area contributed by atoms with E-state index in [1.807, 2.05) is 29.7 Å². The first-order valence-electron chi connectivity index (χ1n) is 6.97. The van der Waals surface area contributed by atoms with Crippen molar-refractivity contribution in [2.45, 2.75) is 32.2 Å². The average Bonchev–Trinajstić information content (AvgIpc) is 2.76. The predicted octanol–water partition coefficient (Wildman–Crippen LogP) is 2.10. The smallest absolute Gasteiger partial charge is 0.249 e. The summed E-state index contributed by atoms with van der Waals surface area (Å²) >= 11 is 5.86. The Morgan fingerprint density at radius 3 is 2.95 bits per heavy atom. The maximum Gasteiger partial charge on any atom is 0.249 e. The van der Waals surface area contributed by atoms with Gasteiger partial charge >= 0.3 is 0 Å². The summed E-state index contributed by atoms with van der Waals surface area (Å²) in [5, 5.41) is 2.40. The minimum absolute atomic E-state index is 0.213. The number of nitrogens with one attached hydrogen (secondary N) is 1. The van der Waals surface area contributed by atoms with E-state index in [1.165, 1.54) is 0 Å². The van der Waals surface area contributed by atoms with Gasteiger partial charge in [0.2, 0.25) is 11.8 Å². The molecule has 1 aromatic carbocycles. The second-order valence-electron chi connectivity index (χ2n) is 5.30. The summed E-state index contributed by atoms with van der Waals surface area (Å²) in [6, 6.07) is 5.57. The average molecular weight is 306 g/mol. The molecule has 6 heteroatoms. The van der Waals surface area contributed by atoms with E-state index in [2.05, 4.69) is 10.3 Å². The molecule has 3 rings (SSSR count). The highest BCUT2D eigenvalue weighted by molar-refractivity contribution is 6.18. The zero-order chi connectivity index (χ0) is 15.0. The summed E-state index contributed by atoms with van der Waals surface area (Å²) in [5.74, 6) is 0.757. The number of benzene rings is 1. The Morgan fingerprint density at radius 1 is 1.43 bits per heavy atom. The van der Waals surface area contributed by atoms with E-state index in [9.17, 15) is 9.59 Å². The van der Waals surface area contributed by atoms with Crippen molar-refractivity contribution in [1.29, 1.82) is 0 Å². The van der Waals surface area contributed by atoms with E-state index in [-0.39, 0.29) is 11.8 Å². The fourth-order valence-corrected chi connectivity index (χ4v) is 2.96. The van der Waals surface area contributed by atoms with Crippen molar-refractivity contribution in [1.82, 2.24) is 14.9 Å². The number of fused-ring (bicyclic) bond motifs is 1. The number of alkyl halides is 1. The van der Waals surface area contributed by atoms with Crippen LogP contribution in [-0.4, -0.2) is 27.2 Å². The lowest BCUT2D eigenvalue weighted by Crippen LogP contribution is -2.42. The monoisotopic (exact) mass is 305 g/mol. The molecule has 0 spiro atoms. The molecule has 2 amide bonds. The number of rotatable bonds is 3. The van der Waals surface area contributed by atoms with Crippen LogP contribution in [0.5, 0.6) is 0 Å². The van der Waals surface area contributed by atoms with Crippen molar-refractivity contribution in [3.05, 3.63) is 29.6 Å². The Kier molecular flexibility index (Phi) is 3.68. The first-order valence-corrected chi connectivity index (χ1v) is 7.50. The molecule has 2 aromatic rings. The van der Waals surface area contributed by atoms with E-state index >= 15 is 0 Å². The molecular formula is C15H16ClN3O2. The number of imide groups is 1. The maximum atomic E-state index is 12.2. The number of aromatic nitrogens is 2. The summed E-state index contributed by atoms with van der Waals surface area (Å²) in [7, 11) is 0. The second-order valence-corrected chi connectivity index (χ2v) is 5.67. The number of carbonyl (C=O) groups excluding carboxylic acids is 2. The molecule has 21 heavy (non-hydrogen) atoms. The molecule has 1 aliphatic rings. The van der Waals surface area contributed by atoms with Crippen molar-refractivity contribution in [3.8, 4) is 0 Å². The Bertz CT molecular complexity index is 723. The molecule has 1 atom stereocenters. The van der Waals surface area contributed by atoms with Crippen molar-refractivity contribution < 1.29 is 9.59 Å². The van der Waals surface area contributed by atoms with Gasteiger partial charge in [-0.15, -0.1) is 11.6 Å². The summed E-state index contributed by atoms with van der Waals surface area (Å²) in [5.41, 5.74) is 2.89.